The summed E-state index contributed by atoms with van der Waals surface area (Å²) < 4.78 is 0. The van der Waals surface area contributed by atoms with E-state index in [-0.39, 0.29) is 11.2 Å². The number of Topliss-reactive ketones (excluding diaryl/α,β-unsaturated/α-hetero) is 1. The van der Waals surface area contributed by atoms with Gasteiger partial charge in [-0.25, -0.2) is 0 Å². The molecule has 4 heteroatoms. The second-order valence-corrected chi connectivity index (χ2v) is 6.86. The number of aromatic nitrogens is 1. The molecule has 0 saturated carbocycles. The van der Waals surface area contributed by atoms with Crippen LogP contribution in [0.4, 0.5) is 0 Å². The van der Waals surface area contributed by atoms with Crippen molar-refractivity contribution < 1.29 is 9.69 Å². The van der Waals surface area contributed by atoms with E-state index in [1.807, 2.05) is 13.0 Å². The number of fused-ring (bicyclic) bond motifs is 1. The van der Waals surface area contributed by atoms with Gasteiger partial charge in [-0.3, -0.25) is 9.59 Å². The normalized spacial score (nSPS) is 21.5. The third-order valence-corrected chi connectivity index (χ3v) is 5.21. The summed E-state index contributed by atoms with van der Waals surface area (Å²) in [5.74, 6) is -0.0105. The quantitative estimate of drug-likeness (QED) is 0.852. The number of ketones is 1. The van der Waals surface area contributed by atoms with Gasteiger partial charge in [-0.1, -0.05) is 0 Å². The van der Waals surface area contributed by atoms with Crippen molar-refractivity contribution in [1.82, 2.24) is 4.98 Å². The van der Waals surface area contributed by atoms with E-state index in [1.54, 1.807) is 12.1 Å². The van der Waals surface area contributed by atoms with Crippen molar-refractivity contribution in [1.29, 1.82) is 0 Å². The number of carbonyl (C=O) groups excluding carboxylic acids is 1. The number of piperidine rings is 1. The van der Waals surface area contributed by atoms with E-state index >= 15 is 0 Å². The van der Waals surface area contributed by atoms with Gasteiger partial charge in [-0.2, -0.15) is 0 Å². The number of H-pyrrole nitrogens is 1. The van der Waals surface area contributed by atoms with Crippen LogP contribution in [-0.2, 0) is 6.54 Å². The van der Waals surface area contributed by atoms with Crippen LogP contribution in [0.25, 0.3) is 10.9 Å². The molecule has 4 nitrogen and oxygen atoms in total. The van der Waals surface area contributed by atoms with Gasteiger partial charge in [0, 0.05) is 22.2 Å². The highest BCUT2D eigenvalue weighted by Gasteiger charge is 2.24. The molecule has 1 aromatic heterocycles. The van der Waals surface area contributed by atoms with E-state index in [4.69, 9.17) is 0 Å². The molecule has 23 heavy (non-hydrogen) atoms. The number of likely N-dealkylation sites (tertiary alicyclic amines) is 1. The number of benzene rings is 1. The standard InChI is InChI=1S/C19H24N2O2/c1-12-6-4-5-9-21(12)11-17-13(2)20-18-8-7-15(14(3)22)10-16(18)19(17)23/h7-8,10,12H,4-6,9,11H2,1-3H3,(H,20,23)/p+1. The highest BCUT2D eigenvalue weighted by Crippen LogP contribution is 2.14. The Morgan fingerprint density at radius 2 is 2.13 bits per heavy atom. The zero-order valence-electron chi connectivity index (χ0n) is 14.2. The molecule has 0 radical (unpaired) electrons. The summed E-state index contributed by atoms with van der Waals surface area (Å²) in [5.41, 5.74) is 3.29. The molecule has 1 saturated heterocycles. The summed E-state index contributed by atoms with van der Waals surface area (Å²) in [6.45, 7) is 7.67. The molecule has 3 rings (SSSR count). The molecule has 2 atom stereocenters. The molecule has 0 amide bonds. The van der Waals surface area contributed by atoms with E-state index in [9.17, 15) is 9.59 Å². The number of carbonyl (C=O) groups is 1. The van der Waals surface area contributed by atoms with Crippen LogP contribution in [0.3, 0.4) is 0 Å². The first-order chi connectivity index (χ1) is 11.0. The second-order valence-electron chi connectivity index (χ2n) is 6.86. The highest BCUT2D eigenvalue weighted by atomic mass is 16.1. The zero-order valence-corrected chi connectivity index (χ0v) is 14.2. The van der Waals surface area contributed by atoms with E-state index in [0.717, 1.165) is 29.9 Å². The van der Waals surface area contributed by atoms with Gasteiger partial charge < -0.3 is 9.88 Å². The minimum atomic E-state index is -0.0105. The molecule has 1 aliphatic rings. The van der Waals surface area contributed by atoms with Crippen molar-refractivity contribution in [3.63, 3.8) is 0 Å². The Kier molecular flexibility index (Phi) is 4.35. The lowest BCUT2D eigenvalue weighted by atomic mass is 10.0. The van der Waals surface area contributed by atoms with Gasteiger partial charge in [0.25, 0.3) is 0 Å². The first kappa shape index (κ1) is 15.9. The molecule has 0 aliphatic carbocycles. The molecular formula is C19H25N2O2+. The molecule has 2 aromatic rings. The van der Waals surface area contributed by atoms with Gasteiger partial charge in [0.1, 0.15) is 6.54 Å². The predicted octanol–water partition coefficient (Wildman–Crippen LogP) is 2.00. The first-order valence-corrected chi connectivity index (χ1v) is 8.48. The Bertz CT molecular complexity index is 807. The van der Waals surface area contributed by atoms with Crippen LogP contribution in [-0.4, -0.2) is 23.4 Å². The van der Waals surface area contributed by atoms with Gasteiger partial charge in [0.15, 0.2) is 11.2 Å². The van der Waals surface area contributed by atoms with Crippen LogP contribution in [0, 0.1) is 6.92 Å². The fourth-order valence-electron chi connectivity index (χ4n) is 3.63. The van der Waals surface area contributed by atoms with Gasteiger partial charge in [0.2, 0.25) is 0 Å². The zero-order chi connectivity index (χ0) is 16.6. The molecule has 2 heterocycles. The molecule has 2 N–H and O–H groups in total. The smallest absolute Gasteiger partial charge is 0.198 e. The fraction of sp³-hybridized carbons (Fsp3) is 0.474. The van der Waals surface area contributed by atoms with E-state index < -0.39 is 0 Å². The van der Waals surface area contributed by atoms with Gasteiger partial charge in [-0.15, -0.1) is 0 Å². The topological polar surface area (TPSA) is 54.4 Å². The third-order valence-electron chi connectivity index (χ3n) is 5.21. The maximum absolute atomic E-state index is 13.0. The Labute approximate surface area is 136 Å². The maximum atomic E-state index is 13.0. The minimum absolute atomic E-state index is 0.0105. The summed E-state index contributed by atoms with van der Waals surface area (Å²) in [6.07, 6.45) is 3.76. The van der Waals surface area contributed by atoms with Crippen LogP contribution in [0.5, 0.6) is 0 Å². The van der Waals surface area contributed by atoms with Crippen LogP contribution >= 0.6 is 0 Å². The largest absolute Gasteiger partial charge is 0.358 e. The van der Waals surface area contributed by atoms with Crippen molar-refractivity contribution in [3.8, 4) is 0 Å². The molecule has 1 aromatic carbocycles. The Balaban J connectivity index is 2.05. The van der Waals surface area contributed by atoms with Crippen molar-refractivity contribution in [3.05, 3.63) is 45.2 Å². The third kappa shape index (κ3) is 3.08. The molecule has 0 bridgehead atoms. The molecular weight excluding hydrogens is 288 g/mol. The van der Waals surface area contributed by atoms with Crippen molar-refractivity contribution in [2.24, 2.45) is 0 Å². The van der Waals surface area contributed by atoms with Crippen LogP contribution in [0.1, 0.15) is 54.7 Å². The average Bonchev–Trinajstić information content (AvgIpc) is 2.52. The van der Waals surface area contributed by atoms with Crippen molar-refractivity contribution in [2.45, 2.75) is 52.6 Å². The molecule has 122 valence electrons. The fourth-order valence-corrected chi connectivity index (χ4v) is 3.63. The van der Waals surface area contributed by atoms with Crippen molar-refractivity contribution >= 4 is 16.7 Å². The Morgan fingerprint density at radius 1 is 1.35 bits per heavy atom. The molecule has 2 unspecified atom stereocenters. The van der Waals surface area contributed by atoms with E-state index in [1.165, 1.54) is 31.1 Å². The Hall–Kier alpha value is -1.94. The number of rotatable bonds is 3. The van der Waals surface area contributed by atoms with Gasteiger partial charge in [-0.05, 0) is 58.2 Å². The minimum Gasteiger partial charge on any atom is -0.358 e. The lowest BCUT2D eigenvalue weighted by Gasteiger charge is -2.30. The van der Waals surface area contributed by atoms with Gasteiger partial charge in [0.05, 0.1) is 18.2 Å². The number of aromatic amines is 1. The van der Waals surface area contributed by atoms with E-state index in [2.05, 4.69) is 11.9 Å². The van der Waals surface area contributed by atoms with Crippen LogP contribution < -0.4 is 10.3 Å². The second kappa shape index (κ2) is 6.28. The summed E-state index contributed by atoms with van der Waals surface area (Å²) in [5, 5.41) is 0.627. The number of quaternary nitrogens is 1. The van der Waals surface area contributed by atoms with Crippen LogP contribution in [0.15, 0.2) is 23.0 Å². The Morgan fingerprint density at radius 3 is 2.83 bits per heavy atom. The first-order valence-electron chi connectivity index (χ1n) is 8.48. The lowest BCUT2D eigenvalue weighted by molar-refractivity contribution is -0.942. The summed E-state index contributed by atoms with van der Waals surface area (Å²) >= 11 is 0. The molecule has 1 aliphatic heterocycles. The number of hydrogen-bond donors (Lipinski definition) is 2. The number of pyridine rings is 1. The SMILES string of the molecule is CC(=O)c1ccc2[nH]c(C)c(C[NH+]3CCCCC3C)c(=O)c2c1. The maximum Gasteiger partial charge on any atom is 0.198 e. The molecule has 1 fully saturated rings. The molecule has 0 spiro atoms. The summed E-state index contributed by atoms with van der Waals surface area (Å²) in [6, 6.07) is 5.94. The lowest BCUT2D eigenvalue weighted by Crippen LogP contribution is -3.15. The predicted molar refractivity (Wildman–Crippen MR) is 92.2 cm³/mol. The highest BCUT2D eigenvalue weighted by molar-refractivity contribution is 5.97. The average molecular weight is 313 g/mol. The monoisotopic (exact) mass is 313 g/mol. The van der Waals surface area contributed by atoms with Crippen molar-refractivity contribution in [2.75, 3.05) is 6.54 Å². The summed E-state index contributed by atoms with van der Waals surface area (Å²) in [4.78, 5) is 29.4. The number of aryl methyl sites for hydroxylation is 1. The number of nitrogens with one attached hydrogen (secondary N) is 2. The number of hydrogen-bond acceptors (Lipinski definition) is 2. The summed E-state index contributed by atoms with van der Waals surface area (Å²) in [7, 11) is 0. The van der Waals surface area contributed by atoms with Crippen LogP contribution in [0.2, 0.25) is 0 Å². The van der Waals surface area contributed by atoms with Gasteiger partial charge >= 0.3 is 0 Å². The van der Waals surface area contributed by atoms with E-state index in [0.29, 0.717) is 17.0 Å².